The molecule has 0 heterocycles. The molecule has 0 rings (SSSR count). The average molecular weight is 369 g/mol. The Kier molecular flexibility index (Phi) is 43.0. The van der Waals surface area contributed by atoms with Crippen LogP contribution < -0.4 is 22.9 Å². The van der Waals surface area contributed by atoms with Crippen molar-refractivity contribution in [2.45, 2.75) is -6.20 Å². The predicted molar refractivity (Wildman–Crippen MR) is 62.5 cm³/mol. The van der Waals surface area contributed by atoms with E-state index < -0.39 is 5.03 Å². The van der Waals surface area contributed by atoms with Gasteiger partial charge in [0.25, 0.3) is 5.09 Å². The molecular formula is C2H14K3N5O9. The van der Waals surface area contributed by atoms with E-state index in [9.17, 15) is 0 Å². The van der Waals surface area contributed by atoms with Crippen LogP contribution in [0.3, 0.4) is 0 Å². The number of nitrogens with two attached hydrogens (primary N) is 4. The van der Waals surface area contributed by atoms with Crippen LogP contribution in [0.5, 0.6) is 0 Å². The quantitative estimate of drug-likeness (QED) is 0.0689. The van der Waals surface area contributed by atoms with Crippen molar-refractivity contribution < 1.29 is 41.5 Å². The zero-order valence-electron chi connectivity index (χ0n) is 10.7. The van der Waals surface area contributed by atoms with Crippen molar-refractivity contribution >= 4 is 147 Å². The first-order chi connectivity index (χ1) is 8.29. The van der Waals surface area contributed by atoms with Gasteiger partial charge in [0, 0.05) is 0 Å². The molecule has 0 amide bonds. The van der Waals surface area contributed by atoms with E-state index in [1.54, 1.807) is 0 Å². The van der Waals surface area contributed by atoms with E-state index in [-0.39, 0.29) is 42.8 Å². The molecule has 0 unspecified atom stereocenters. The molecule has 17 heteroatoms. The Labute approximate surface area is 209 Å². The molecule has 0 saturated carbocycles. The van der Waals surface area contributed by atoms with E-state index in [1.807, 2.05) is 0 Å². The maximum absolute atomic E-state index is 8.36. The van der Waals surface area contributed by atoms with Gasteiger partial charge in [0.2, 0.25) is 0 Å². The van der Waals surface area contributed by atoms with Crippen LogP contribution in [0.2, 0.25) is 0 Å². The third kappa shape index (κ3) is 187. The van der Waals surface area contributed by atoms with Crippen molar-refractivity contribution in [1.29, 1.82) is 0 Å². The molecule has 0 aromatic heterocycles. The number of nitrogens with zero attached hydrogens (tertiary/aromatic N) is 1. The van der Waals surface area contributed by atoms with E-state index in [0.717, 1.165) is 0 Å². The van der Waals surface area contributed by atoms with Crippen LogP contribution in [0.1, 0.15) is 0 Å². The van der Waals surface area contributed by atoms with Crippen molar-refractivity contribution in [3.63, 3.8) is 0 Å². The van der Waals surface area contributed by atoms with Gasteiger partial charge in [0.05, 0.1) is 0 Å². The maximum atomic E-state index is 8.36. The number of hydrogen-bond donors (Lipinski definition) is 10. The van der Waals surface area contributed by atoms with Gasteiger partial charge in [-0.25, -0.2) is 0 Å². The van der Waals surface area contributed by atoms with Gasteiger partial charge in [-0.2, -0.15) is 0 Å². The molecule has 0 aliphatic rings. The van der Waals surface area contributed by atoms with Crippen molar-refractivity contribution in [1.82, 2.24) is 0 Å². The molecule has 0 aliphatic heterocycles. The van der Waals surface area contributed by atoms with Crippen molar-refractivity contribution in [3.05, 3.63) is 10.1 Å². The Morgan fingerprint density at radius 2 is 1.05 bits per heavy atom. The van der Waals surface area contributed by atoms with Gasteiger partial charge in [0.1, 0.15) is 0 Å². The van der Waals surface area contributed by atoms with E-state index >= 15 is 0 Å². The Hall–Kier alpha value is 3.71. The maximum Gasteiger partial charge on any atom is 0.291 e. The van der Waals surface area contributed by atoms with Crippen LogP contribution in [-0.4, -0.2) is 177 Å². The topological polar surface area (TPSA) is 278 Å². The summed E-state index contributed by atoms with van der Waals surface area (Å²) in [5.74, 6) is 0. The van der Waals surface area contributed by atoms with Crippen LogP contribution in [0.4, 0.5) is 0 Å². The Morgan fingerprint density at radius 1 is 1.00 bits per heavy atom. The van der Waals surface area contributed by atoms with Crippen LogP contribution in [0.25, 0.3) is 0 Å². The van der Waals surface area contributed by atoms with Crippen LogP contribution in [0, 0.1) is 10.1 Å². The summed E-state index contributed by atoms with van der Waals surface area (Å²) in [5.41, 5.74) is 20.4. The van der Waals surface area contributed by atoms with Gasteiger partial charge in [-0.15, -0.1) is 10.1 Å². The summed E-state index contributed by atoms with van der Waals surface area (Å²) in [6.45, 7) is 0. The van der Waals surface area contributed by atoms with Gasteiger partial charge < -0.3 is 5.21 Å². The molecular weight excluding hydrogens is 355 g/mol. The standard InChI is InChI=1S/CH5N2O2.CH4N2.3K.HNO3.2H2O2/c2-1(3)5-4;2-1-3;;;;2-1(3)4;2*1-2/h4H,2-3H2;2-3H2;;;;(H,2,3,4);2*1-2H. The molecule has 0 atom stereocenters. The second-order valence-electron chi connectivity index (χ2n) is 3.33. The van der Waals surface area contributed by atoms with Gasteiger partial charge in [-0.3, -0.25) is 21.0 Å². The Morgan fingerprint density at radius 3 is 1.05 bits per heavy atom. The van der Waals surface area contributed by atoms with Crippen LogP contribution in [0.15, 0.2) is 0 Å². The minimum atomic E-state index is -1.50. The van der Waals surface area contributed by atoms with E-state index in [0.29, 0.717) is 97.9 Å². The number of rotatable bonds is 1. The Bertz CT molecular complexity index is 162. The molecule has 14 N–H and O–H groups in total. The minimum Gasteiger partial charge on any atom is -0.328 e. The summed E-state index contributed by atoms with van der Waals surface area (Å²) < 4.78 is -1.34. The molecule has 0 bridgehead atoms. The van der Waals surface area contributed by atoms with Gasteiger partial charge in [0.15, 0.2) is 0 Å². The number of hydrogen-bond acceptors (Lipinski definition) is 12. The zero-order chi connectivity index (χ0) is 17.3. The fourth-order valence-electron chi connectivity index (χ4n) is 0. The van der Waals surface area contributed by atoms with Crippen molar-refractivity contribution in [2.75, 3.05) is 0 Å². The first kappa shape index (κ1) is 34.1. The van der Waals surface area contributed by atoms with Crippen molar-refractivity contribution in [3.8, 4) is 0 Å². The van der Waals surface area contributed by atoms with E-state index in [4.69, 9.17) is 64.5 Å². The van der Waals surface area contributed by atoms with E-state index in [2.05, 4.69) is 4.89 Å². The first-order valence-electron chi connectivity index (χ1n) is 4.01. The summed E-state index contributed by atoms with van der Waals surface area (Å²) in [7, 11) is 0. The summed E-state index contributed by atoms with van der Waals surface area (Å²) in [5, 5.41) is 45.3. The van der Waals surface area contributed by atoms with Gasteiger partial charge in [-0.05, 0) is 0 Å². The minimum absolute atomic E-state index is 0.0920. The third-order valence-electron chi connectivity index (χ3n) is 0.197. The second kappa shape index (κ2) is 24.0. The SMILES string of the molecule is N[C](N)([K])OO.N[C](N)([K])[K].O=[N+]([O-])O.OO.OO. The molecule has 0 aliphatic carbocycles. The van der Waals surface area contributed by atoms with Crippen LogP contribution in [-0.2, 0) is 4.89 Å². The van der Waals surface area contributed by atoms with Crippen LogP contribution >= 0.6 is 0 Å². The largest absolute Gasteiger partial charge is 0.328 e. The molecule has 0 aromatic rings. The van der Waals surface area contributed by atoms with Crippen molar-refractivity contribution in [2.24, 2.45) is 22.9 Å². The summed E-state index contributed by atoms with van der Waals surface area (Å²) in [4.78, 5) is 11.9. The first-order valence-corrected chi connectivity index (χ1v) is 8.69. The fourth-order valence-corrected chi connectivity index (χ4v) is 0. The molecule has 19 heavy (non-hydrogen) atoms. The second-order valence-corrected chi connectivity index (χ2v) is 17.4. The molecule has 0 aromatic carbocycles. The molecule has 14 nitrogen and oxygen atoms in total. The molecule has 104 valence electrons. The normalized spacial score (nSPS) is 9.00. The zero-order valence-corrected chi connectivity index (χ0v) is 20.0. The van der Waals surface area contributed by atoms with Gasteiger partial charge >= 0.3 is 174 Å². The summed E-state index contributed by atoms with van der Waals surface area (Å²) >= 11 is 1.37. The molecule has 0 fully saturated rings. The summed E-state index contributed by atoms with van der Waals surface area (Å²) in [6.07, 6.45) is 0. The summed E-state index contributed by atoms with van der Waals surface area (Å²) in [6, 6.07) is 0. The molecule has 0 radical (unpaired) electrons. The van der Waals surface area contributed by atoms with Gasteiger partial charge in [-0.1, -0.05) is 0 Å². The Balaban J connectivity index is -0.0000000461. The third-order valence-corrected chi connectivity index (χ3v) is 0.482. The average Bonchev–Trinajstić information content (AvgIpc) is 2.19. The monoisotopic (exact) mass is 369 g/mol. The fraction of sp³-hybridized carbons (Fsp3) is 1.00. The smallest absolute Gasteiger partial charge is 0.291 e. The van der Waals surface area contributed by atoms with E-state index in [1.165, 1.54) is 0 Å². The molecule has 0 saturated heterocycles. The molecule has 0 spiro atoms. The predicted octanol–water partition coefficient (Wildman–Crippen LogP) is -4.29.